The summed E-state index contributed by atoms with van der Waals surface area (Å²) in [5.41, 5.74) is 2.69. The number of para-hydroxylation sites is 1. The van der Waals surface area contributed by atoms with Crippen LogP contribution in [-0.4, -0.2) is 16.1 Å². The molecule has 1 aromatic heterocycles. The van der Waals surface area contributed by atoms with Crippen LogP contribution in [-0.2, 0) is 0 Å². The van der Waals surface area contributed by atoms with Crippen molar-refractivity contribution in [2.24, 2.45) is 0 Å². The Labute approximate surface area is 131 Å². The maximum Gasteiger partial charge on any atom is 0.262 e. The first-order valence-corrected chi connectivity index (χ1v) is 7.18. The van der Waals surface area contributed by atoms with Gasteiger partial charge in [-0.15, -0.1) is 0 Å². The normalized spacial score (nSPS) is 16.8. The zero-order valence-electron chi connectivity index (χ0n) is 12.0. The first kappa shape index (κ1) is 13.5. The molecule has 114 valence electrons. The molecule has 0 radical (unpaired) electrons. The summed E-state index contributed by atoms with van der Waals surface area (Å²) in [7, 11) is 0. The van der Waals surface area contributed by atoms with Crippen LogP contribution < -0.4 is 10.2 Å². The van der Waals surface area contributed by atoms with Gasteiger partial charge in [-0.2, -0.15) is 5.10 Å². The Morgan fingerprint density at radius 1 is 1.04 bits per heavy atom. The van der Waals surface area contributed by atoms with Crippen LogP contribution in [0, 0.1) is 5.82 Å². The molecule has 0 saturated carbocycles. The van der Waals surface area contributed by atoms with E-state index in [9.17, 15) is 9.18 Å². The largest absolute Gasteiger partial charge is 0.359 e. The Morgan fingerprint density at radius 3 is 2.57 bits per heavy atom. The number of aromatic nitrogens is 2. The van der Waals surface area contributed by atoms with Crippen LogP contribution in [0.5, 0.6) is 0 Å². The van der Waals surface area contributed by atoms with Crippen molar-refractivity contribution < 1.29 is 9.18 Å². The van der Waals surface area contributed by atoms with Crippen LogP contribution in [0.3, 0.4) is 0 Å². The number of rotatable bonds is 2. The van der Waals surface area contributed by atoms with Crippen molar-refractivity contribution in [1.29, 1.82) is 0 Å². The van der Waals surface area contributed by atoms with Gasteiger partial charge in [0.15, 0.2) is 0 Å². The number of fused-ring (bicyclic) bond motifs is 1. The lowest BCUT2D eigenvalue weighted by Crippen LogP contribution is -2.43. The Balaban J connectivity index is 1.85. The maximum atomic E-state index is 13.2. The number of amides is 1. The monoisotopic (exact) mass is 308 g/mol. The Kier molecular flexibility index (Phi) is 3.08. The fourth-order valence-corrected chi connectivity index (χ4v) is 2.76. The number of hydrogen-bond donors (Lipinski definition) is 2. The van der Waals surface area contributed by atoms with Crippen LogP contribution in [0.1, 0.15) is 22.2 Å². The minimum absolute atomic E-state index is 0.148. The number of carbonyl (C=O) groups is 1. The van der Waals surface area contributed by atoms with Crippen LogP contribution in [0.25, 0.3) is 0 Å². The maximum absolute atomic E-state index is 13.2. The fraction of sp³-hybridized carbons (Fsp3) is 0.0588. The molecule has 1 amide bonds. The fourth-order valence-electron chi connectivity index (χ4n) is 2.76. The van der Waals surface area contributed by atoms with Gasteiger partial charge in [0.05, 0.1) is 11.3 Å². The van der Waals surface area contributed by atoms with Crippen molar-refractivity contribution in [3.8, 4) is 0 Å². The van der Waals surface area contributed by atoms with E-state index in [4.69, 9.17) is 0 Å². The van der Waals surface area contributed by atoms with Crippen molar-refractivity contribution in [3.05, 3.63) is 77.9 Å². The highest BCUT2D eigenvalue weighted by Crippen LogP contribution is 2.35. The molecule has 0 saturated heterocycles. The predicted octanol–water partition coefficient (Wildman–Crippen LogP) is 3.32. The highest BCUT2D eigenvalue weighted by atomic mass is 19.1. The molecule has 1 aliphatic rings. The Hall–Kier alpha value is -3.15. The number of nitrogens with zero attached hydrogens (tertiary/aromatic N) is 2. The number of anilines is 2. The highest BCUT2D eigenvalue weighted by molar-refractivity contribution is 6.12. The summed E-state index contributed by atoms with van der Waals surface area (Å²) in [6.45, 7) is 0. The SMILES string of the molecule is O=C1c2ccccc2NC(c2ccn[nH]2)N1c1ccc(F)cc1. The summed E-state index contributed by atoms with van der Waals surface area (Å²) in [6, 6.07) is 15.0. The van der Waals surface area contributed by atoms with Crippen molar-refractivity contribution in [2.45, 2.75) is 6.17 Å². The molecule has 23 heavy (non-hydrogen) atoms. The van der Waals surface area contributed by atoms with Crippen LogP contribution in [0.2, 0.25) is 0 Å². The summed E-state index contributed by atoms with van der Waals surface area (Å²) in [4.78, 5) is 14.6. The molecule has 1 aliphatic heterocycles. The Bertz CT molecular complexity index is 845. The lowest BCUT2D eigenvalue weighted by atomic mass is 10.1. The van der Waals surface area contributed by atoms with E-state index in [1.165, 1.54) is 12.1 Å². The molecule has 1 atom stereocenters. The van der Waals surface area contributed by atoms with E-state index < -0.39 is 6.17 Å². The second-order valence-corrected chi connectivity index (χ2v) is 5.26. The predicted molar refractivity (Wildman–Crippen MR) is 84.6 cm³/mol. The number of H-pyrrole nitrogens is 1. The molecular formula is C17H13FN4O. The molecule has 6 heteroatoms. The van der Waals surface area contributed by atoms with E-state index in [0.29, 0.717) is 11.3 Å². The zero-order chi connectivity index (χ0) is 15.8. The molecule has 2 N–H and O–H groups in total. The number of carbonyl (C=O) groups excluding carboxylic acids is 1. The number of halogens is 1. The first-order chi connectivity index (χ1) is 11.2. The molecule has 2 aromatic carbocycles. The minimum Gasteiger partial charge on any atom is -0.359 e. The van der Waals surface area contributed by atoms with E-state index in [0.717, 1.165) is 11.4 Å². The van der Waals surface area contributed by atoms with E-state index in [1.807, 2.05) is 18.2 Å². The van der Waals surface area contributed by atoms with E-state index in [2.05, 4.69) is 15.5 Å². The second kappa shape index (κ2) is 5.24. The van der Waals surface area contributed by atoms with Gasteiger partial charge in [0.2, 0.25) is 0 Å². The molecule has 0 fully saturated rings. The molecular weight excluding hydrogens is 295 g/mol. The molecule has 0 aliphatic carbocycles. The third-order valence-corrected chi connectivity index (χ3v) is 3.85. The third-order valence-electron chi connectivity index (χ3n) is 3.85. The van der Waals surface area contributed by atoms with E-state index in [1.54, 1.807) is 35.4 Å². The highest BCUT2D eigenvalue weighted by Gasteiger charge is 2.34. The van der Waals surface area contributed by atoms with Gasteiger partial charge >= 0.3 is 0 Å². The first-order valence-electron chi connectivity index (χ1n) is 7.18. The van der Waals surface area contributed by atoms with E-state index in [-0.39, 0.29) is 11.7 Å². The average molecular weight is 308 g/mol. The van der Waals surface area contributed by atoms with Gasteiger partial charge in [-0.25, -0.2) is 4.39 Å². The van der Waals surface area contributed by atoms with Gasteiger partial charge in [0.1, 0.15) is 12.0 Å². The van der Waals surface area contributed by atoms with Gasteiger partial charge < -0.3 is 5.32 Å². The summed E-state index contributed by atoms with van der Waals surface area (Å²) >= 11 is 0. The summed E-state index contributed by atoms with van der Waals surface area (Å²) in [5.74, 6) is -0.491. The molecule has 2 heterocycles. The van der Waals surface area contributed by atoms with Crippen LogP contribution in [0.4, 0.5) is 15.8 Å². The molecule has 0 bridgehead atoms. The van der Waals surface area contributed by atoms with Gasteiger partial charge in [-0.3, -0.25) is 14.8 Å². The van der Waals surface area contributed by atoms with Gasteiger partial charge in [0, 0.05) is 17.6 Å². The molecule has 0 spiro atoms. The minimum atomic E-state index is -0.439. The van der Waals surface area contributed by atoms with Crippen molar-refractivity contribution in [3.63, 3.8) is 0 Å². The molecule has 5 nitrogen and oxygen atoms in total. The topological polar surface area (TPSA) is 61.0 Å². The third kappa shape index (κ3) is 2.24. The number of aromatic amines is 1. The van der Waals surface area contributed by atoms with Gasteiger partial charge in [0.25, 0.3) is 5.91 Å². The lowest BCUT2D eigenvalue weighted by Gasteiger charge is -2.37. The quantitative estimate of drug-likeness (QED) is 0.763. The summed E-state index contributed by atoms with van der Waals surface area (Å²) in [5, 5.41) is 10.2. The van der Waals surface area contributed by atoms with Gasteiger partial charge in [-0.05, 0) is 42.5 Å². The lowest BCUT2D eigenvalue weighted by molar-refractivity contribution is 0.0974. The van der Waals surface area contributed by atoms with Crippen LogP contribution in [0.15, 0.2) is 60.8 Å². The number of benzene rings is 2. The summed E-state index contributed by atoms with van der Waals surface area (Å²) in [6.07, 6.45) is 1.19. The molecule has 4 rings (SSSR count). The van der Waals surface area contributed by atoms with Gasteiger partial charge in [-0.1, -0.05) is 12.1 Å². The standard InChI is InChI=1S/C17H13FN4O/c18-11-5-7-12(8-6-11)22-16(15-9-10-19-21-15)20-14-4-2-1-3-13(14)17(22)23/h1-10,16,20H,(H,19,21). The summed E-state index contributed by atoms with van der Waals surface area (Å²) < 4.78 is 13.2. The van der Waals surface area contributed by atoms with Crippen LogP contribution >= 0.6 is 0 Å². The second-order valence-electron chi connectivity index (χ2n) is 5.26. The van der Waals surface area contributed by atoms with E-state index >= 15 is 0 Å². The van der Waals surface area contributed by atoms with Crippen molar-refractivity contribution in [1.82, 2.24) is 10.2 Å². The average Bonchev–Trinajstić information content (AvgIpc) is 3.10. The number of hydrogen-bond acceptors (Lipinski definition) is 3. The smallest absolute Gasteiger partial charge is 0.262 e. The molecule has 3 aromatic rings. The molecule has 1 unspecified atom stereocenters. The van der Waals surface area contributed by atoms with Crippen molar-refractivity contribution >= 4 is 17.3 Å². The zero-order valence-corrected chi connectivity index (χ0v) is 12.0. The van der Waals surface area contributed by atoms with Crippen molar-refractivity contribution in [2.75, 3.05) is 10.2 Å². The Morgan fingerprint density at radius 2 is 1.83 bits per heavy atom. The number of nitrogens with one attached hydrogen (secondary N) is 2.